The number of halogens is 1. The second-order valence-electron chi connectivity index (χ2n) is 7.29. The Balaban J connectivity index is 0.00000256. The maximum absolute atomic E-state index is 12.8. The van der Waals surface area contributed by atoms with Crippen molar-refractivity contribution in [3.8, 4) is 22.8 Å². The van der Waals surface area contributed by atoms with Gasteiger partial charge in [0.05, 0.1) is 32.9 Å². The van der Waals surface area contributed by atoms with E-state index in [1.807, 2.05) is 0 Å². The van der Waals surface area contributed by atoms with Crippen molar-refractivity contribution < 1.29 is 31.2 Å². The van der Waals surface area contributed by atoms with E-state index < -0.39 is 0 Å². The molecule has 0 bridgehead atoms. The van der Waals surface area contributed by atoms with Gasteiger partial charge in [-0.25, -0.2) is 9.13 Å². The number of aromatic nitrogens is 2. The van der Waals surface area contributed by atoms with E-state index in [-0.39, 0.29) is 24.9 Å². The zero-order valence-electron chi connectivity index (χ0n) is 17.4. The minimum Gasteiger partial charge on any atom is -1.00 e. The third kappa shape index (κ3) is 4.28. The monoisotopic (exact) mass is 427 g/mol. The van der Waals surface area contributed by atoms with Crippen molar-refractivity contribution >= 4 is 11.6 Å². The largest absolute Gasteiger partial charge is 1.00 e. The number of anilines is 1. The van der Waals surface area contributed by atoms with Crippen LogP contribution in [0.2, 0.25) is 0 Å². The quantitative estimate of drug-likeness (QED) is 0.578. The van der Waals surface area contributed by atoms with Gasteiger partial charge in [-0.05, 0) is 25.5 Å². The minimum atomic E-state index is -0.0997. The molecule has 0 spiro atoms. The minimum absolute atomic E-state index is 0. The van der Waals surface area contributed by atoms with E-state index in [1.165, 1.54) is 17.0 Å². The summed E-state index contributed by atoms with van der Waals surface area (Å²) in [6.45, 7) is 3.32. The Kier molecular flexibility index (Phi) is 6.67. The summed E-state index contributed by atoms with van der Waals surface area (Å²) in [6, 6.07) is 13.9. The van der Waals surface area contributed by atoms with Gasteiger partial charge in [-0.15, -0.1) is 0 Å². The lowest BCUT2D eigenvalue weighted by molar-refractivity contribution is -0.690. The smallest absolute Gasteiger partial charge is 0.266 e. The Morgan fingerprint density at radius 2 is 1.90 bits per heavy atom. The summed E-state index contributed by atoms with van der Waals surface area (Å²) < 4.78 is 15.0. The van der Waals surface area contributed by atoms with Crippen molar-refractivity contribution in [1.82, 2.24) is 4.57 Å². The summed E-state index contributed by atoms with van der Waals surface area (Å²) in [5, 5.41) is 2.96. The summed E-state index contributed by atoms with van der Waals surface area (Å²) in [6.07, 6.45) is 4.16. The molecule has 2 heterocycles. The second kappa shape index (κ2) is 9.22. The predicted octanol–water partition coefficient (Wildman–Crippen LogP) is 0.357. The first kappa shape index (κ1) is 21.7. The fourth-order valence-electron chi connectivity index (χ4n) is 3.86. The van der Waals surface area contributed by atoms with E-state index in [2.05, 4.69) is 51.8 Å². The van der Waals surface area contributed by atoms with Crippen LogP contribution >= 0.6 is 0 Å². The van der Waals surface area contributed by atoms with E-state index in [1.54, 1.807) is 32.4 Å². The van der Waals surface area contributed by atoms with Crippen LogP contribution in [0.25, 0.3) is 11.3 Å². The van der Waals surface area contributed by atoms with Crippen LogP contribution in [0.5, 0.6) is 11.5 Å². The molecule has 1 aliphatic heterocycles. The number of rotatable bonds is 6. The number of carbonyl (C=O) groups is 1. The van der Waals surface area contributed by atoms with Crippen molar-refractivity contribution in [3.05, 3.63) is 60.0 Å². The summed E-state index contributed by atoms with van der Waals surface area (Å²) in [5.74, 6) is 2.36. The van der Waals surface area contributed by atoms with Crippen LogP contribution in [0.15, 0.2) is 48.7 Å². The molecule has 0 radical (unpaired) electrons. The van der Waals surface area contributed by atoms with E-state index in [9.17, 15) is 4.79 Å². The molecule has 1 aliphatic rings. The number of carbonyl (C=O) groups excluding carboxylic acids is 1. The van der Waals surface area contributed by atoms with Gasteiger partial charge < -0.3 is 27.2 Å². The number of ether oxygens (including phenoxy) is 2. The molecular weight excluding hydrogens is 402 g/mol. The van der Waals surface area contributed by atoms with Gasteiger partial charge in [0.15, 0.2) is 12.2 Å². The molecule has 158 valence electrons. The van der Waals surface area contributed by atoms with Crippen LogP contribution in [0.4, 0.5) is 5.69 Å². The maximum atomic E-state index is 12.8. The van der Waals surface area contributed by atoms with Crippen LogP contribution in [-0.2, 0) is 24.3 Å². The van der Waals surface area contributed by atoms with Crippen LogP contribution in [0, 0.1) is 6.92 Å². The number of aryl methyl sites for hydroxylation is 1. The van der Waals surface area contributed by atoms with Gasteiger partial charge in [-0.2, -0.15) is 0 Å². The van der Waals surface area contributed by atoms with Crippen LogP contribution < -0.4 is 31.8 Å². The third-order valence-corrected chi connectivity index (χ3v) is 5.34. The average Bonchev–Trinajstić information content (AvgIpc) is 3.32. The first-order valence-corrected chi connectivity index (χ1v) is 9.80. The zero-order valence-corrected chi connectivity index (χ0v) is 18.2. The highest BCUT2D eigenvalue weighted by atomic mass is 35.5. The van der Waals surface area contributed by atoms with Gasteiger partial charge >= 0.3 is 0 Å². The third-order valence-electron chi connectivity index (χ3n) is 5.34. The molecule has 0 fully saturated rings. The highest BCUT2D eigenvalue weighted by Crippen LogP contribution is 2.29. The number of hydrogen-bond acceptors (Lipinski definition) is 3. The Morgan fingerprint density at radius 3 is 2.60 bits per heavy atom. The van der Waals surface area contributed by atoms with E-state index in [0.717, 1.165) is 25.1 Å². The van der Waals surface area contributed by atoms with Gasteiger partial charge in [0, 0.05) is 11.6 Å². The fraction of sp³-hybridized carbons (Fsp3) is 0.304. The Bertz CT molecular complexity index is 1040. The molecule has 30 heavy (non-hydrogen) atoms. The molecule has 1 amide bonds. The van der Waals surface area contributed by atoms with Gasteiger partial charge in [0.25, 0.3) is 11.7 Å². The number of methoxy groups -OCH3 is 2. The van der Waals surface area contributed by atoms with Crippen molar-refractivity contribution in [2.75, 3.05) is 19.5 Å². The summed E-state index contributed by atoms with van der Waals surface area (Å²) >= 11 is 0. The molecule has 1 N–H and O–H groups in total. The van der Waals surface area contributed by atoms with E-state index in [0.29, 0.717) is 17.2 Å². The van der Waals surface area contributed by atoms with E-state index in [4.69, 9.17) is 9.47 Å². The van der Waals surface area contributed by atoms with Crippen LogP contribution in [0.1, 0.15) is 17.8 Å². The number of nitrogens with zero attached hydrogens (tertiary/aromatic N) is 2. The lowest BCUT2D eigenvalue weighted by Gasteiger charge is -2.11. The number of hydrogen-bond donors (Lipinski definition) is 1. The summed E-state index contributed by atoms with van der Waals surface area (Å²) in [5.41, 5.74) is 4.17. The van der Waals surface area contributed by atoms with Crippen molar-refractivity contribution in [2.45, 2.75) is 32.9 Å². The normalized spacial score (nSPS) is 12.1. The molecule has 0 saturated carbocycles. The molecule has 2 aromatic carbocycles. The molecule has 0 saturated heterocycles. The van der Waals surface area contributed by atoms with Gasteiger partial charge in [0.2, 0.25) is 0 Å². The Hall–Kier alpha value is -2.99. The van der Waals surface area contributed by atoms with Crippen molar-refractivity contribution in [2.24, 2.45) is 0 Å². The van der Waals surface area contributed by atoms with E-state index >= 15 is 0 Å². The molecule has 0 unspecified atom stereocenters. The summed E-state index contributed by atoms with van der Waals surface area (Å²) in [7, 11) is 3.18. The van der Waals surface area contributed by atoms with Gasteiger partial charge in [-0.1, -0.05) is 29.8 Å². The Labute approximate surface area is 182 Å². The molecule has 0 atom stereocenters. The first-order valence-electron chi connectivity index (χ1n) is 9.80. The zero-order chi connectivity index (χ0) is 20.4. The van der Waals surface area contributed by atoms with Gasteiger partial charge in [0.1, 0.15) is 17.7 Å². The number of benzene rings is 2. The topological polar surface area (TPSA) is 56.4 Å². The molecule has 6 nitrogen and oxygen atoms in total. The Morgan fingerprint density at radius 1 is 1.13 bits per heavy atom. The number of amides is 1. The molecule has 7 heteroatoms. The lowest BCUT2D eigenvalue weighted by Crippen LogP contribution is -3.00. The molecule has 4 rings (SSSR count). The number of fused-ring (bicyclic) bond motifs is 1. The van der Waals surface area contributed by atoms with Crippen molar-refractivity contribution in [1.29, 1.82) is 0 Å². The highest BCUT2D eigenvalue weighted by Gasteiger charge is 2.29. The van der Waals surface area contributed by atoms with Gasteiger partial charge in [-0.3, -0.25) is 4.79 Å². The predicted molar refractivity (Wildman–Crippen MR) is 111 cm³/mol. The average molecular weight is 428 g/mol. The molecule has 1 aromatic heterocycles. The first-order chi connectivity index (χ1) is 14.1. The van der Waals surface area contributed by atoms with Crippen molar-refractivity contribution in [3.63, 3.8) is 0 Å². The molecule has 3 aromatic rings. The number of imidazole rings is 1. The standard InChI is InChI=1S/C23H25N3O3.ClH/c1-16-6-8-17(9-7-16)20-14-25(23-5-4-12-26(20)23)15-22(27)24-19-13-18(28-2)10-11-21(19)29-3;/h6-11,13-14H,4-5,12,15H2,1-3H3;1H. The number of nitrogens with one attached hydrogen (secondary N) is 1. The molecular formula is C23H26ClN3O3. The lowest BCUT2D eigenvalue weighted by atomic mass is 10.1. The fourth-order valence-corrected chi connectivity index (χ4v) is 3.86. The highest BCUT2D eigenvalue weighted by molar-refractivity contribution is 5.91. The summed E-state index contributed by atoms with van der Waals surface area (Å²) in [4.78, 5) is 12.8. The van der Waals surface area contributed by atoms with Crippen LogP contribution in [-0.4, -0.2) is 24.7 Å². The SMILES string of the molecule is COc1ccc(OC)c(NC(=O)C[n+]2cc(-c3ccc(C)cc3)n3c2CCC3)c1.[Cl-]. The second-order valence-corrected chi connectivity index (χ2v) is 7.29. The maximum Gasteiger partial charge on any atom is 0.266 e. The van der Waals surface area contributed by atoms with Crippen LogP contribution in [0.3, 0.4) is 0 Å². The molecule has 0 aliphatic carbocycles.